The van der Waals surface area contributed by atoms with Crippen molar-refractivity contribution in [3.05, 3.63) is 66.2 Å². The van der Waals surface area contributed by atoms with E-state index in [1.165, 1.54) is 5.56 Å². The third-order valence-electron chi connectivity index (χ3n) is 5.03. The summed E-state index contributed by atoms with van der Waals surface area (Å²) in [4.78, 5) is 14.7. The van der Waals surface area contributed by atoms with Crippen LogP contribution in [0.5, 0.6) is 0 Å². The molecule has 4 heteroatoms. The molecule has 3 rings (SSSR count). The molecule has 0 bridgehead atoms. The molecule has 0 aliphatic carbocycles. The summed E-state index contributed by atoms with van der Waals surface area (Å²) >= 11 is 0. The van der Waals surface area contributed by atoms with Gasteiger partial charge in [-0.1, -0.05) is 55.5 Å². The SMILES string of the molecule is C[C@@H]1CN(Cc2ccccc2)CC[C@]1(Nc1ccccc1)C(N)=O. The first-order valence-corrected chi connectivity index (χ1v) is 8.49. The van der Waals surface area contributed by atoms with Gasteiger partial charge in [0.1, 0.15) is 5.54 Å². The molecule has 1 aliphatic heterocycles. The van der Waals surface area contributed by atoms with Crippen molar-refractivity contribution >= 4 is 11.6 Å². The number of piperidine rings is 1. The minimum atomic E-state index is -0.686. The topological polar surface area (TPSA) is 58.4 Å². The highest BCUT2D eigenvalue weighted by molar-refractivity contribution is 5.88. The fraction of sp³-hybridized carbons (Fsp3) is 0.350. The smallest absolute Gasteiger partial charge is 0.243 e. The van der Waals surface area contributed by atoms with Crippen molar-refractivity contribution < 1.29 is 4.79 Å². The van der Waals surface area contributed by atoms with Crippen LogP contribution in [-0.2, 0) is 11.3 Å². The predicted molar refractivity (Wildman–Crippen MR) is 97.5 cm³/mol. The van der Waals surface area contributed by atoms with Crippen LogP contribution in [0, 0.1) is 5.92 Å². The molecule has 2 aromatic rings. The summed E-state index contributed by atoms with van der Waals surface area (Å²) in [6, 6.07) is 20.3. The van der Waals surface area contributed by atoms with E-state index in [9.17, 15) is 4.79 Å². The molecule has 1 aliphatic rings. The highest BCUT2D eigenvalue weighted by Crippen LogP contribution is 2.32. The van der Waals surface area contributed by atoms with Crippen LogP contribution in [0.1, 0.15) is 18.9 Å². The van der Waals surface area contributed by atoms with Gasteiger partial charge in [0, 0.05) is 31.2 Å². The Labute approximate surface area is 143 Å². The van der Waals surface area contributed by atoms with E-state index in [0.717, 1.165) is 25.3 Å². The van der Waals surface area contributed by atoms with Crippen molar-refractivity contribution in [2.24, 2.45) is 11.7 Å². The molecule has 3 N–H and O–H groups in total. The molecule has 1 heterocycles. The fourth-order valence-electron chi connectivity index (χ4n) is 3.59. The van der Waals surface area contributed by atoms with Gasteiger partial charge in [-0.3, -0.25) is 9.69 Å². The Balaban J connectivity index is 1.72. The summed E-state index contributed by atoms with van der Waals surface area (Å²) in [6.45, 7) is 4.71. The number of para-hydroxylation sites is 1. The number of hydrogen-bond donors (Lipinski definition) is 2. The van der Waals surface area contributed by atoms with Gasteiger partial charge in [0.05, 0.1) is 0 Å². The number of benzene rings is 2. The lowest BCUT2D eigenvalue weighted by molar-refractivity contribution is -0.125. The van der Waals surface area contributed by atoms with E-state index in [1.807, 2.05) is 36.4 Å². The highest BCUT2D eigenvalue weighted by atomic mass is 16.1. The summed E-state index contributed by atoms with van der Waals surface area (Å²) < 4.78 is 0. The van der Waals surface area contributed by atoms with Crippen LogP contribution < -0.4 is 11.1 Å². The second kappa shape index (κ2) is 7.05. The zero-order valence-corrected chi connectivity index (χ0v) is 14.1. The average Bonchev–Trinajstić information content (AvgIpc) is 2.59. The highest BCUT2D eigenvalue weighted by Gasteiger charge is 2.45. The third-order valence-corrected chi connectivity index (χ3v) is 5.03. The lowest BCUT2D eigenvalue weighted by Gasteiger charge is -2.45. The molecule has 1 amide bonds. The van der Waals surface area contributed by atoms with E-state index in [2.05, 4.69) is 41.4 Å². The van der Waals surface area contributed by atoms with E-state index in [-0.39, 0.29) is 11.8 Å². The number of carbonyl (C=O) groups excluding carboxylic acids is 1. The number of rotatable bonds is 5. The second-order valence-corrected chi connectivity index (χ2v) is 6.70. The molecule has 0 aromatic heterocycles. The molecule has 1 fully saturated rings. The summed E-state index contributed by atoms with van der Waals surface area (Å²) in [5, 5.41) is 3.43. The predicted octanol–water partition coefficient (Wildman–Crippen LogP) is 2.86. The van der Waals surface area contributed by atoms with Gasteiger partial charge in [-0.25, -0.2) is 0 Å². The van der Waals surface area contributed by atoms with Crippen molar-refractivity contribution in [3.8, 4) is 0 Å². The van der Waals surface area contributed by atoms with Crippen molar-refractivity contribution in [2.75, 3.05) is 18.4 Å². The van der Waals surface area contributed by atoms with Crippen LogP contribution in [0.2, 0.25) is 0 Å². The summed E-state index contributed by atoms with van der Waals surface area (Å²) in [5.41, 5.74) is 7.38. The van der Waals surface area contributed by atoms with Crippen LogP contribution in [0.3, 0.4) is 0 Å². The second-order valence-electron chi connectivity index (χ2n) is 6.70. The molecule has 0 unspecified atom stereocenters. The standard InChI is InChI=1S/C20H25N3O/c1-16-14-23(15-17-8-4-2-5-9-17)13-12-20(16,19(21)24)22-18-10-6-3-7-11-18/h2-11,16,22H,12-15H2,1H3,(H2,21,24)/t16-,20-/m1/s1. The minimum Gasteiger partial charge on any atom is -0.371 e. The number of amides is 1. The lowest BCUT2D eigenvalue weighted by Crippen LogP contribution is -2.62. The zero-order chi connectivity index (χ0) is 17.0. The molecule has 24 heavy (non-hydrogen) atoms. The number of likely N-dealkylation sites (tertiary alicyclic amines) is 1. The number of anilines is 1. The van der Waals surface area contributed by atoms with E-state index in [0.29, 0.717) is 6.42 Å². The largest absolute Gasteiger partial charge is 0.371 e. The van der Waals surface area contributed by atoms with Gasteiger partial charge in [-0.15, -0.1) is 0 Å². The quantitative estimate of drug-likeness (QED) is 0.889. The maximum atomic E-state index is 12.3. The summed E-state index contributed by atoms with van der Waals surface area (Å²) in [7, 11) is 0. The Morgan fingerprint density at radius 3 is 2.38 bits per heavy atom. The number of nitrogens with one attached hydrogen (secondary N) is 1. The van der Waals surface area contributed by atoms with E-state index < -0.39 is 5.54 Å². The maximum Gasteiger partial charge on any atom is 0.243 e. The van der Waals surface area contributed by atoms with Crippen LogP contribution in [0.25, 0.3) is 0 Å². The van der Waals surface area contributed by atoms with Crippen molar-refractivity contribution in [1.82, 2.24) is 4.90 Å². The van der Waals surface area contributed by atoms with Crippen LogP contribution in [0.4, 0.5) is 5.69 Å². The number of nitrogens with two attached hydrogens (primary N) is 1. The average molecular weight is 323 g/mol. The van der Waals surface area contributed by atoms with Crippen LogP contribution >= 0.6 is 0 Å². The van der Waals surface area contributed by atoms with E-state index >= 15 is 0 Å². The van der Waals surface area contributed by atoms with Gasteiger partial charge in [0.15, 0.2) is 0 Å². The van der Waals surface area contributed by atoms with Crippen molar-refractivity contribution in [3.63, 3.8) is 0 Å². The summed E-state index contributed by atoms with van der Waals surface area (Å²) in [6.07, 6.45) is 0.714. The maximum absolute atomic E-state index is 12.3. The van der Waals surface area contributed by atoms with Gasteiger partial charge in [0.25, 0.3) is 0 Å². The number of carbonyl (C=O) groups is 1. The fourth-order valence-corrected chi connectivity index (χ4v) is 3.59. The molecular formula is C20H25N3O. The number of nitrogens with zero attached hydrogens (tertiary/aromatic N) is 1. The van der Waals surface area contributed by atoms with Crippen molar-refractivity contribution in [2.45, 2.75) is 25.4 Å². The van der Waals surface area contributed by atoms with Gasteiger partial charge < -0.3 is 11.1 Å². The molecule has 2 atom stereocenters. The van der Waals surface area contributed by atoms with Gasteiger partial charge in [0.2, 0.25) is 5.91 Å². The molecule has 2 aromatic carbocycles. The third kappa shape index (κ3) is 3.44. The lowest BCUT2D eigenvalue weighted by atomic mass is 9.77. The minimum absolute atomic E-state index is 0.132. The first kappa shape index (κ1) is 16.5. The Bertz CT molecular complexity index is 674. The normalized spacial score (nSPS) is 24.5. The molecule has 126 valence electrons. The Kier molecular flexibility index (Phi) is 4.86. The molecule has 0 spiro atoms. The monoisotopic (exact) mass is 323 g/mol. The zero-order valence-electron chi connectivity index (χ0n) is 14.1. The Morgan fingerprint density at radius 2 is 1.79 bits per heavy atom. The molecule has 1 saturated heterocycles. The Hall–Kier alpha value is -2.33. The van der Waals surface area contributed by atoms with Crippen LogP contribution in [0.15, 0.2) is 60.7 Å². The van der Waals surface area contributed by atoms with E-state index in [1.54, 1.807) is 0 Å². The number of hydrogen-bond acceptors (Lipinski definition) is 3. The number of primary amides is 1. The Morgan fingerprint density at radius 1 is 1.17 bits per heavy atom. The summed E-state index contributed by atoms with van der Waals surface area (Å²) in [5.74, 6) is -0.133. The van der Waals surface area contributed by atoms with E-state index in [4.69, 9.17) is 5.73 Å². The van der Waals surface area contributed by atoms with Crippen LogP contribution in [-0.4, -0.2) is 29.4 Å². The molecular weight excluding hydrogens is 298 g/mol. The van der Waals surface area contributed by atoms with Gasteiger partial charge in [-0.05, 0) is 24.1 Å². The van der Waals surface area contributed by atoms with Crippen molar-refractivity contribution in [1.29, 1.82) is 0 Å². The van der Waals surface area contributed by atoms with Gasteiger partial charge >= 0.3 is 0 Å². The molecule has 0 radical (unpaired) electrons. The molecule has 4 nitrogen and oxygen atoms in total. The molecule has 0 saturated carbocycles. The first-order chi connectivity index (χ1) is 11.6. The van der Waals surface area contributed by atoms with Gasteiger partial charge in [-0.2, -0.15) is 0 Å². The first-order valence-electron chi connectivity index (χ1n) is 8.49.